The van der Waals surface area contributed by atoms with Gasteiger partial charge in [0.2, 0.25) is 0 Å². The van der Waals surface area contributed by atoms with E-state index in [1.165, 1.54) is 6.42 Å². The molecule has 2 rings (SSSR count). The molecule has 80 valence electrons. The van der Waals surface area contributed by atoms with Crippen molar-refractivity contribution in [3.63, 3.8) is 0 Å². The molecule has 1 heterocycles. The molecule has 0 atom stereocenters. The SMILES string of the molecule is CC1CN(C2(C(=O)O)CCCCC2)C1. The van der Waals surface area contributed by atoms with Crippen LogP contribution >= 0.6 is 0 Å². The fourth-order valence-electron chi connectivity index (χ4n) is 2.85. The third-order valence-electron chi connectivity index (χ3n) is 3.75. The first kappa shape index (κ1) is 9.97. The monoisotopic (exact) mass is 197 g/mol. The van der Waals surface area contributed by atoms with Gasteiger partial charge in [0.1, 0.15) is 5.54 Å². The van der Waals surface area contributed by atoms with E-state index in [-0.39, 0.29) is 0 Å². The van der Waals surface area contributed by atoms with Gasteiger partial charge in [-0.15, -0.1) is 0 Å². The molecule has 0 spiro atoms. The van der Waals surface area contributed by atoms with E-state index >= 15 is 0 Å². The minimum atomic E-state index is -0.593. The lowest BCUT2D eigenvalue weighted by Crippen LogP contribution is -2.63. The Morgan fingerprint density at radius 3 is 2.29 bits per heavy atom. The Balaban J connectivity index is 2.09. The Morgan fingerprint density at radius 1 is 1.29 bits per heavy atom. The second-order valence-electron chi connectivity index (χ2n) is 4.91. The van der Waals surface area contributed by atoms with Crippen molar-refractivity contribution in [2.75, 3.05) is 13.1 Å². The van der Waals surface area contributed by atoms with Gasteiger partial charge in [-0.3, -0.25) is 9.69 Å². The highest BCUT2D eigenvalue weighted by molar-refractivity contribution is 5.79. The molecule has 14 heavy (non-hydrogen) atoms. The molecular formula is C11H19NO2. The number of likely N-dealkylation sites (tertiary alicyclic amines) is 1. The summed E-state index contributed by atoms with van der Waals surface area (Å²) in [4.78, 5) is 13.6. The molecule has 1 aliphatic heterocycles. The Morgan fingerprint density at radius 2 is 1.86 bits per heavy atom. The lowest BCUT2D eigenvalue weighted by molar-refractivity contribution is -0.160. The normalized spacial score (nSPS) is 28.4. The summed E-state index contributed by atoms with van der Waals surface area (Å²) in [5.74, 6) is 0.0947. The predicted molar refractivity (Wildman–Crippen MR) is 54.2 cm³/mol. The van der Waals surface area contributed by atoms with Gasteiger partial charge in [0.15, 0.2) is 0 Å². The number of hydrogen-bond acceptors (Lipinski definition) is 2. The summed E-state index contributed by atoms with van der Waals surface area (Å²) in [6, 6.07) is 0. The van der Waals surface area contributed by atoms with Crippen LogP contribution in [0.3, 0.4) is 0 Å². The molecule has 0 aromatic heterocycles. The molecule has 3 heteroatoms. The minimum absolute atomic E-state index is 0.495. The molecule has 0 aromatic rings. The van der Waals surface area contributed by atoms with Crippen LogP contribution in [0.1, 0.15) is 39.0 Å². The summed E-state index contributed by atoms with van der Waals surface area (Å²) in [5, 5.41) is 9.37. The zero-order valence-electron chi connectivity index (χ0n) is 8.83. The van der Waals surface area contributed by atoms with Crippen LogP contribution in [0.15, 0.2) is 0 Å². The van der Waals surface area contributed by atoms with Gasteiger partial charge in [0, 0.05) is 13.1 Å². The molecule has 1 N–H and O–H groups in total. The maximum absolute atomic E-state index is 11.4. The number of carboxylic acids is 1. The van der Waals surface area contributed by atoms with Crippen molar-refractivity contribution < 1.29 is 9.90 Å². The predicted octanol–water partition coefficient (Wildman–Crippen LogP) is 1.73. The molecule has 1 saturated carbocycles. The average molecular weight is 197 g/mol. The minimum Gasteiger partial charge on any atom is -0.480 e. The first-order valence-electron chi connectivity index (χ1n) is 5.63. The molecule has 1 aliphatic carbocycles. The summed E-state index contributed by atoms with van der Waals surface area (Å²) in [6.07, 6.45) is 5.08. The molecule has 0 unspecified atom stereocenters. The molecule has 1 saturated heterocycles. The van der Waals surface area contributed by atoms with E-state index in [0.29, 0.717) is 5.92 Å². The topological polar surface area (TPSA) is 40.5 Å². The van der Waals surface area contributed by atoms with Crippen LogP contribution in [0.25, 0.3) is 0 Å². The number of hydrogen-bond donors (Lipinski definition) is 1. The molecular weight excluding hydrogens is 178 g/mol. The van der Waals surface area contributed by atoms with Gasteiger partial charge in [-0.2, -0.15) is 0 Å². The highest BCUT2D eigenvalue weighted by Crippen LogP contribution is 2.38. The Labute approximate surface area is 85.1 Å². The third-order valence-corrected chi connectivity index (χ3v) is 3.75. The van der Waals surface area contributed by atoms with E-state index in [1.807, 2.05) is 0 Å². The van der Waals surface area contributed by atoms with Crippen molar-refractivity contribution in [2.45, 2.75) is 44.6 Å². The van der Waals surface area contributed by atoms with Gasteiger partial charge in [-0.1, -0.05) is 26.2 Å². The van der Waals surface area contributed by atoms with Crippen molar-refractivity contribution in [3.05, 3.63) is 0 Å². The fourth-order valence-corrected chi connectivity index (χ4v) is 2.85. The maximum atomic E-state index is 11.4. The van der Waals surface area contributed by atoms with Gasteiger partial charge < -0.3 is 5.11 Å². The largest absolute Gasteiger partial charge is 0.480 e. The number of aliphatic carboxylic acids is 1. The Bertz CT molecular complexity index is 227. The molecule has 2 fully saturated rings. The van der Waals surface area contributed by atoms with Crippen molar-refractivity contribution >= 4 is 5.97 Å². The van der Waals surface area contributed by atoms with E-state index in [4.69, 9.17) is 0 Å². The molecule has 0 aromatic carbocycles. The summed E-state index contributed by atoms with van der Waals surface area (Å²) in [6.45, 7) is 4.15. The van der Waals surface area contributed by atoms with Crippen molar-refractivity contribution in [3.8, 4) is 0 Å². The number of nitrogens with zero attached hydrogens (tertiary/aromatic N) is 1. The van der Waals surface area contributed by atoms with Crippen molar-refractivity contribution in [2.24, 2.45) is 5.92 Å². The quantitative estimate of drug-likeness (QED) is 0.733. The third kappa shape index (κ3) is 1.44. The summed E-state index contributed by atoms with van der Waals surface area (Å²) in [5.41, 5.74) is -0.495. The Kier molecular flexibility index (Phi) is 2.52. The van der Waals surface area contributed by atoms with E-state index < -0.39 is 11.5 Å². The lowest BCUT2D eigenvalue weighted by atomic mass is 9.77. The van der Waals surface area contributed by atoms with Crippen LogP contribution in [-0.4, -0.2) is 34.6 Å². The van der Waals surface area contributed by atoms with Gasteiger partial charge >= 0.3 is 5.97 Å². The van der Waals surface area contributed by atoms with E-state index in [9.17, 15) is 9.90 Å². The van der Waals surface area contributed by atoms with Gasteiger partial charge in [-0.05, 0) is 18.8 Å². The first-order chi connectivity index (χ1) is 6.65. The van der Waals surface area contributed by atoms with E-state index in [2.05, 4.69) is 11.8 Å². The highest BCUT2D eigenvalue weighted by atomic mass is 16.4. The Hall–Kier alpha value is -0.570. The second kappa shape index (κ2) is 3.54. The van der Waals surface area contributed by atoms with E-state index in [1.54, 1.807) is 0 Å². The van der Waals surface area contributed by atoms with Crippen molar-refractivity contribution in [1.82, 2.24) is 4.90 Å². The zero-order valence-corrected chi connectivity index (χ0v) is 8.83. The van der Waals surface area contributed by atoms with Crippen LogP contribution in [-0.2, 0) is 4.79 Å². The molecule has 0 bridgehead atoms. The average Bonchev–Trinajstić information content (AvgIpc) is 2.14. The smallest absolute Gasteiger partial charge is 0.324 e. The standard InChI is InChI=1S/C11H19NO2/c1-9-7-12(8-9)11(10(13)14)5-3-2-4-6-11/h9H,2-8H2,1H3,(H,13,14). The summed E-state index contributed by atoms with van der Waals surface area (Å²) in [7, 11) is 0. The van der Waals surface area contributed by atoms with Gasteiger partial charge in [0.05, 0.1) is 0 Å². The maximum Gasteiger partial charge on any atom is 0.324 e. The molecule has 3 nitrogen and oxygen atoms in total. The first-order valence-corrected chi connectivity index (χ1v) is 5.63. The van der Waals surface area contributed by atoms with Crippen LogP contribution in [0.2, 0.25) is 0 Å². The van der Waals surface area contributed by atoms with Crippen LogP contribution in [0.5, 0.6) is 0 Å². The van der Waals surface area contributed by atoms with Crippen LogP contribution in [0.4, 0.5) is 0 Å². The fraction of sp³-hybridized carbons (Fsp3) is 0.909. The van der Waals surface area contributed by atoms with Gasteiger partial charge in [-0.25, -0.2) is 0 Å². The summed E-state index contributed by atoms with van der Waals surface area (Å²) >= 11 is 0. The summed E-state index contributed by atoms with van der Waals surface area (Å²) < 4.78 is 0. The zero-order chi connectivity index (χ0) is 10.2. The van der Waals surface area contributed by atoms with E-state index in [0.717, 1.165) is 38.8 Å². The highest BCUT2D eigenvalue weighted by Gasteiger charge is 2.48. The van der Waals surface area contributed by atoms with Crippen LogP contribution < -0.4 is 0 Å². The molecule has 2 aliphatic rings. The van der Waals surface area contributed by atoms with Crippen molar-refractivity contribution in [1.29, 1.82) is 0 Å². The molecule has 0 amide bonds. The number of rotatable bonds is 2. The van der Waals surface area contributed by atoms with Crippen LogP contribution in [0, 0.1) is 5.92 Å². The van der Waals surface area contributed by atoms with Gasteiger partial charge in [0.25, 0.3) is 0 Å². The molecule has 0 radical (unpaired) electrons. The number of carboxylic acid groups (broad SMARTS) is 1. The lowest BCUT2D eigenvalue weighted by Gasteiger charge is -2.50. The number of carbonyl (C=O) groups is 1. The second-order valence-corrected chi connectivity index (χ2v) is 4.91.